The van der Waals surface area contributed by atoms with E-state index in [1.54, 1.807) is 11.3 Å². The van der Waals surface area contributed by atoms with Crippen molar-refractivity contribution in [2.24, 2.45) is 0 Å². The first-order valence-electron chi connectivity index (χ1n) is 2.80. The molecule has 0 saturated heterocycles. The van der Waals surface area contributed by atoms with E-state index in [2.05, 4.69) is 22.0 Å². The predicted molar refractivity (Wildman–Crippen MR) is 37.5 cm³/mol. The molecule has 0 saturated carbocycles. The Labute approximate surface area is 57.2 Å². The van der Waals surface area contributed by atoms with Crippen molar-refractivity contribution < 1.29 is 4.40 Å². The van der Waals surface area contributed by atoms with Gasteiger partial charge >= 0.3 is 0 Å². The molecule has 2 heteroatoms. The number of fused-ring (bicyclic) bond motifs is 1. The van der Waals surface area contributed by atoms with Gasteiger partial charge in [-0.3, -0.25) is 0 Å². The van der Waals surface area contributed by atoms with Crippen molar-refractivity contribution in [3.63, 3.8) is 0 Å². The van der Waals surface area contributed by atoms with Crippen LogP contribution in [0.1, 0.15) is 0 Å². The summed E-state index contributed by atoms with van der Waals surface area (Å²) in [5.41, 5.74) is 0. The van der Waals surface area contributed by atoms with Crippen molar-refractivity contribution in [1.82, 2.24) is 0 Å². The average Bonchev–Trinajstić information content (AvgIpc) is 2.33. The molecule has 44 valence electrons. The molecule has 0 bridgehead atoms. The van der Waals surface area contributed by atoms with Gasteiger partial charge in [-0.2, -0.15) is 4.40 Å². The van der Waals surface area contributed by atoms with Crippen LogP contribution in [0.4, 0.5) is 0 Å². The number of rotatable bonds is 0. The van der Waals surface area contributed by atoms with E-state index in [1.807, 2.05) is 18.3 Å². The maximum atomic E-state index is 2.10. The number of aromatic nitrogens is 1. The average molecular weight is 136 g/mol. The smallest absolute Gasteiger partial charge is 0.157 e. The molecule has 2 aromatic heterocycles. The van der Waals surface area contributed by atoms with E-state index in [0.29, 0.717) is 0 Å². The first kappa shape index (κ1) is 4.94. The SMILES string of the molecule is c1cc[n+]2ccsc2c1. The van der Waals surface area contributed by atoms with Crippen LogP contribution < -0.4 is 4.40 Å². The second-order valence-corrected chi connectivity index (χ2v) is 2.78. The van der Waals surface area contributed by atoms with Crippen LogP contribution >= 0.6 is 11.3 Å². The summed E-state index contributed by atoms with van der Waals surface area (Å²) >= 11 is 1.75. The van der Waals surface area contributed by atoms with Crippen LogP contribution in [0.3, 0.4) is 0 Å². The molecular weight excluding hydrogens is 130 g/mol. The normalized spacial score (nSPS) is 10.2. The van der Waals surface area contributed by atoms with Gasteiger partial charge in [0, 0.05) is 12.1 Å². The van der Waals surface area contributed by atoms with E-state index < -0.39 is 0 Å². The first-order valence-corrected chi connectivity index (χ1v) is 3.68. The lowest BCUT2D eigenvalue weighted by atomic mass is 10.5. The molecular formula is C7H6NS+. The highest BCUT2D eigenvalue weighted by molar-refractivity contribution is 7.14. The summed E-state index contributed by atoms with van der Waals surface area (Å²) < 4.78 is 2.10. The van der Waals surface area contributed by atoms with Gasteiger partial charge in [0.15, 0.2) is 12.4 Å². The Morgan fingerprint density at radius 3 is 3.11 bits per heavy atom. The van der Waals surface area contributed by atoms with Gasteiger partial charge < -0.3 is 0 Å². The molecule has 0 N–H and O–H groups in total. The Bertz CT molecular complexity index is 283. The summed E-state index contributed by atoms with van der Waals surface area (Å²) in [6, 6.07) is 6.18. The van der Waals surface area contributed by atoms with Gasteiger partial charge in [0.1, 0.15) is 0 Å². The highest BCUT2D eigenvalue weighted by Gasteiger charge is 1.97. The standard InChI is InChI=1S/C7H6NS/c1-2-4-8-5-6-9-7(8)3-1/h1-6H/q+1. The molecule has 2 rings (SSSR count). The highest BCUT2D eigenvalue weighted by atomic mass is 32.1. The molecule has 2 heterocycles. The Hall–Kier alpha value is -0.890. The molecule has 1 nitrogen and oxygen atoms in total. The summed E-state index contributed by atoms with van der Waals surface area (Å²) in [6.45, 7) is 0. The van der Waals surface area contributed by atoms with Crippen LogP contribution in [0.15, 0.2) is 36.0 Å². The summed E-state index contributed by atoms with van der Waals surface area (Å²) in [4.78, 5) is 1.29. The summed E-state index contributed by atoms with van der Waals surface area (Å²) in [5, 5.41) is 2.08. The second-order valence-electron chi connectivity index (χ2n) is 1.85. The van der Waals surface area contributed by atoms with E-state index in [0.717, 1.165) is 0 Å². The number of nitrogens with zero attached hydrogens (tertiary/aromatic N) is 1. The van der Waals surface area contributed by atoms with Crippen molar-refractivity contribution >= 4 is 16.2 Å². The first-order chi connectivity index (χ1) is 4.47. The fourth-order valence-corrected chi connectivity index (χ4v) is 1.56. The van der Waals surface area contributed by atoms with Crippen LogP contribution in [-0.2, 0) is 0 Å². The molecule has 0 atom stereocenters. The van der Waals surface area contributed by atoms with Crippen molar-refractivity contribution in [3.05, 3.63) is 36.0 Å². The second kappa shape index (κ2) is 1.81. The maximum absolute atomic E-state index is 2.10. The quantitative estimate of drug-likeness (QED) is 0.483. The summed E-state index contributed by atoms with van der Waals surface area (Å²) in [7, 11) is 0. The minimum absolute atomic E-state index is 1.29. The van der Waals surface area contributed by atoms with Crippen molar-refractivity contribution in [2.75, 3.05) is 0 Å². The molecule has 0 aliphatic rings. The lowest BCUT2D eigenvalue weighted by molar-refractivity contribution is -0.507. The van der Waals surface area contributed by atoms with Crippen LogP contribution in [0.5, 0.6) is 0 Å². The third kappa shape index (κ3) is 0.715. The van der Waals surface area contributed by atoms with E-state index >= 15 is 0 Å². The molecule has 2 aromatic rings. The van der Waals surface area contributed by atoms with Crippen LogP contribution in [0, 0.1) is 0 Å². The molecule has 0 unspecified atom stereocenters. The molecule has 0 aromatic carbocycles. The van der Waals surface area contributed by atoms with E-state index in [4.69, 9.17) is 0 Å². The predicted octanol–water partition coefficient (Wildman–Crippen LogP) is 1.49. The van der Waals surface area contributed by atoms with Gasteiger partial charge in [0.05, 0.1) is 5.38 Å². The monoisotopic (exact) mass is 136 g/mol. The number of hydrogen-bond acceptors (Lipinski definition) is 1. The largest absolute Gasteiger partial charge is 0.266 e. The van der Waals surface area contributed by atoms with Crippen molar-refractivity contribution in [1.29, 1.82) is 0 Å². The third-order valence-corrected chi connectivity index (χ3v) is 2.11. The third-order valence-electron chi connectivity index (χ3n) is 1.26. The Balaban J connectivity index is 2.95. The number of hydrogen-bond donors (Lipinski definition) is 0. The topological polar surface area (TPSA) is 4.10 Å². The molecule has 0 aliphatic heterocycles. The zero-order valence-corrected chi connectivity index (χ0v) is 5.64. The van der Waals surface area contributed by atoms with Crippen LogP contribution in [0.2, 0.25) is 0 Å². The minimum Gasteiger partial charge on any atom is -0.157 e. The molecule has 9 heavy (non-hydrogen) atoms. The van der Waals surface area contributed by atoms with E-state index in [9.17, 15) is 0 Å². The fourth-order valence-electron chi connectivity index (χ4n) is 0.829. The van der Waals surface area contributed by atoms with Gasteiger partial charge in [-0.1, -0.05) is 11.3 Å². The number of thiazole rings is 1. The van der Waals surface area contributed by atoms with Crippen molar-refractivity contribution in [3.8, 4) is 0 Å². The van der Waals surface area contributed by atoms with Gasteiger partial charge in [-0.05, 0) is 6.07 Å². The Morgan fingerprint density at radius 2 is 2.22 bits per heavy atom. The van der Waals surface area contributed by atoms with Gasteiger partial charge in [-0.15, -0.1) is 0 Å². The van der Waals surface area contributed by atoms with Crippen LogP contribution in [-0.4, -0.2) is 0 Å². The minimum atomic E-state index is 1.29. The molecule has 0 spiro atoms. The lowest BCUT2D eigenvalue weighted by Gasteiger charge is -1.75. The molecule has 0 radical (unpaired) electrons. The number of pyridine rings is 1. The van der Waals surface area contributed by atoms with Crippen LogP contribution in [0.25, 0.3) is 4.83 Å². The van der Waals surface area contributed by atoms with Gasteiger partial charge in [-0.25, -0.2) is 0 Å². The zero-order valence-electron chi connectivity index (χ0n) is 4.82. The van der Waals surface area contributed by atoms with Gasteiger partial charge in [0.2, 0.25) is 0 Å². The maximum Gasteiger partial charge on any atom is 0.266 e. The lowest BCUT2D eigenvalue weighted by Crippen LogP contribution is -2.14. The van der Waals surface area contributed by atoms with Gasteiger partial charge in [0.25, 0.3) is 4.83 Å². The Morgan fingerprint density at radius 1 is 1.22 bits per heavy atom. The fraction of sp³-hybridized carbons (Fsp3) is 0. The Kier molecular flexibility index (Phi) is 0.993. The molecule has 0 amide bonds. The molecule has 0 fully saturated rings. The van der Waals surface area contributed by atoms with E-state index in [-0.39, 0.29) is 0 Å². The summed E-state index contributed by atoms with van der Waals surface area (Å²) in [6.07, 6.45) is 4.10. The summed E-state index contributed by atoms with van der Waals surface area (Å²) in [5.74, 6) is 0. The molecule has 0 aliphatic carbocycles. The van der Waals surface area contributed by atoms with Crippen molar-refractivity contribution in [2.45, 2.75) is 0 Å². The zero-order chi connectivity index (χ0) is 6.10. The van der Waals surface area contributed by atoms with E-state index in [1.165, 1.54) is 4.83 Å². The highest BCUT2D eigenvalue weighted by Crippen LogP contribution is 2.01.